The maximum absolute atomic E-state index is 14.1. The molecule has 1 aromatic carbocycles. The largest absolute Gasteiger partial charge is 0.382 e. The average molecular weight is 374 g/mol. The third kappa shape index (κ3) is 3.37. The summed E-state index contributed by atoms with van der Waals surface area (Å²) >= 11 is 5.26. The van der Waals surface area contributed by atoms with E-state index in [9.17, 15) is 17.6 Å². The lowest BCUT2D eigenvalue weighted by molar-refractivity contribution is 0.145. The van der Waals surface area contributed by atoms with Gasteiger partial charge in [0, 0.05) is 48.7 Å². The Bertz CT molecular complexity index is 820. The zero-order valence-electron chi connectivity index (χ0n) is 13.7. The van der Waals surface area contributed by atoms with Crippen LogP contribution in [0.1, 0.15) is 36.2 Å². The SMILES string of the molecule is CCOCCCc1[nH]c(=S)n2c1CC(c1c(F)c(F)cc(F)c1F)C2. The molecule has 1 N–H and O–H groups in total. The highest BCUT2D eigenvalue weighted by Crippen LogP contribution is 2.36. The molecular weight excluding hydrogens is 356 g/mol. The molecule has 1 aliphatic heterocycles. The number of aryl methyl sites for hydroxylation is 1. The molecule has 1 unspecified atom stereocenters. The number of aromatic amines is 1. The fourth-order valence-corrected chi connectivity index (χ4v) is 3.65. The van der Waals surface area contributed by atoms with Crippen LogP contribution in [0, 0.1) is 28.0 Å². The lowest BCUT2D eigenvalue weighted by atomic mass is 9.94. The number of nitrogens with zero attached hydrogens (tertiary/aromatic N) is 1. The zero-order valence-corrected chi connectivity index (χ0v) is 14.5. The maximum atomic E-state index is 14.1. The van der Waals surface area contributed by atoms with E-state index in [1.807, 2.05) is 6.92 Å². The Morgan fingerprint density at radius 1 is 1.24 bits per heavy atom. The van der Waals surface area contributed by atoms with E-state index in [1.165, 1.54) is 0 Å². The number of hydrogen-bond acceptors (Lipinski definition) is 2. The molecule has 1 aliphatic rings. The Hall–Kier alpha value is -1.67. The number of halogens is 4. The zero-order chi connectivity index (χ0) is 18.1. The minimum Gasteiger partial charge on any atom is -0.382 e. The van der Waals surface area contributed by atoms with Gasteiger partial charge in [-0.05, 0) is 38.4 Å². The van der Waals surface area contributed by atoms with Gasteiger partial charge in [-0.1, -0.05) is 0 Å². The highest BCUT2D eigenvalue weighted by Gasteiger charge is 2.33. The van der Waals surface area contributed by atoms with Crippen molar-refractivity contribution in [3.05, 3.63) is 51.1 Å². The molecule has 25 heavy (non-hydrogen) atoms. The van der Waals surface area contributed by atoms with Gasteiger partial charge in [0.15, 0.2) is 28.0 Å². The van der Waals surface area contributed by atoms with Crippen molar-refractivity contribution in [1.29, 1.82) is 0 Å². The van der Waals surface area contributed by atoms with Crippen molar-refractivity contribution in [2.75, 3.05) is 13.2 Å². The van der Waals surface area contributed by atoms with Crippen molar-refractivity contribution in [2.24, 2.45) is 0 Å². The Kier molecular flexibility index (Phi) is 5.29. The van der Waals surface area contributed by atoms with E-state index >= 15 is 0 Å². The van der Waals surface area contributed by atoms with E-state index in [0.29, 0.717) is 24.4 Å². The topological polar surface area (TPSA) is 29.9 Å². The quantitative estimate of drug-likeness (QED) is 0.351. The molecule has 0 saturated heterocycles. The minimum absolute atomic E-state index is 0.187. The molecule has 0 bridgehead atoms. The molecule has 0 radical (unpaired) electrons. The number of rotatable bonds is 6. The first-order chi connectivity index (χ1) is 11.9. The molecule has 3 nitrogen and oxygen atoms in total. The third-order valence-electron chi connectivity index (χ3n) is 4.49. The van der Waals surface area contributed by atoms with Gasteiger partial charge in [-0.25, -0.2) is 17.6 Å². The van der Waals surface area contributed by atoms with Gasteiger partial charge in [-0.15, -0.1) is 0 Å². The van der Waals surface area contributed by atoms with Crippen molar-refractivity contribution in [3.8, 4) is 0 Å². The molecule has 8 heteroatoms. The second-order valence-corrected chi connectivity index (χ2v) is 6.44. The Labute approximate surface area is 147 Å². The molecule has 1 atom stereocenters. The number of aromatic nitrogens is 2. The summed E-state index contributed by atoms with van der Waals surface area (Å²) in [5.41, 5.74) is 1.16. The van der Waals surface area contributed by atoms with Crippen LogP contribution < -0.4 is 0 Å². The van der Waals surface area contributed by atoms with Gasteiger partial charge in [0.2, 0.25) is 0 Å². The van der Waals surface area contributed by atoms with Crippen LogP contribution in [0.4, 0.5) is 17.6 Å². The Morgan fingerprint density at radius 3 is 2.56 bits per heavy atom. The van der Waals surface area contributed by atoms with Gasteiger partial charge < -0.3 is 14.3 Å². The Balaban J connectivity index is 1.86. The van der Waals surface area contributed by atoms with Crippen LogP contribution in [0.25, 0.3) is 0 Å². The number of nitrogens with one attached hydrogen (secondary N) is 1. The third-order valence-corrected chi connectivity index (χ3v) is 4.82. The average Bonchev–Trinajstić information content (AvgIpc) is 3.11. The van der Waals surface area contributed by atoms with Gasteiger partial charge in [-0.2, -0.15) is 0 Å². The highest BCUT2D eigenvalue weighted by molar-refractivity contribution is 7.71. The van der Waals surface area contributed by atoms with E-state index in [1.54, 1.807) is 4.57 Å². The Morgan fingerprint density at radius 2 is 1.92 bits per heavy atom. The molecule has 136 valence electrons. The predicted octanol–water partition coefficient (Wildman–Crippen LogP) is 4.41. The van der Waals surface area contributed by atoms with Crippen molar-refractivity contribution < 1.29 is 22.3 Å². The van der Waals surface area contributed by atoms with Gasteiger partial charge in [0.25, 0.3) is 0 Å². The summed E-state index contributed by atoms with van der Waals surface area (Å²) in [5, 5.41) is 0. The van der Waals surface area contributed by atoms with E-state index in [-0.39, 0.29) is 19.0 Å². The van der Waals surface area contributed by atoms with Crippen LogP contribution >= 0.6 is 12.2 Å². The number of imidazole rings is 1. The highest BCUT2D eigenvalue weighted by atomic mass is 32.1. The monoisotopic (exact) mass is 374 g/mol. The first-order valence-electron chi connectivity index (χ1n) is 8.15. The molecule has 1 aromatic heterocycles. The molecular formula is C17H18F4N2OS. The van der Waals surface area contributed by atoms with Crippen LogP contribution in [0.3, 0.4) is 0 Å². The van der Waals surface area contributed by atoms with Crippen molar-refractivity contribution in [1.82, 2.24) is 9.55 Å². The first kappa shape index (κ1) is 18.1. The molecule has 0 aliphatic carbocycles. The molecule has 0 spiro atoms. The summed E-state index contributed by atoms with van der Waals surface area (Å²) < 4.78 is 62.6. The van der Waals surface area contributed by atoms with E-state index in [0.717, 1.165) is 17.8 Å². The maximum Gasteiger partial charge on any atom is 0.177 e. The fourth-order valence-electron chi connectivity index (χ4n) is 3.34. The van der Waals surface area contributed by atoms with Gasteiger partial charge in [-0.3, -0.25) is 0 Å². The van der Waals surface area contributed by atoms with Crippen molar-refractivity contribution >= 4 is 12.2 Å². The van der Waals surface area contributed by atoms with Crippen molar-refractivity contribution in [2.45, 2.75) is 38.6 Å². The molecule has 3 rings (SSSR count). The number of hydrogen-bond donors (Lipinski definition) is 1. The summed E-state index contributed by atoms with van der Waals surface area (Å²) in [7, 11) is 0. The normalized spacial score (nSPS) is 16.4. The number of fused-ring (bicyclic) bond motifs is 1. The van der Waals surface area contributed by atoms with Crippen LogP contribution in [0.2, 0.25) is 0 Å². The van der Waals surface area contributed by atoms with Gasteiger partial charge >= 0.3 is 0 Å². The second kappa shape index (κ2) is 7.29. The summed E-state index contributed by atoms with van der Waals surface area (Å²) in [6.45, 7) is 3.33. The number of H-pyrrole nitrogens is 1. The molecule has 0 amide bonds. The first-order valence-corrected chi connectivity index (χ1v) is 8.56. The lowest BCUT2D eigenvalue weighted by Crippen LogP contribution is -2.10. The van der Waals surface area contributed by atoms with Gasteiger partial charge in [0.05, 0.1) is 0 Å². The van der Waals surface area contributed by atoms with Crippen LogP contribution in [-0.2, 0) is 24.1 Å². The van der Waals surface area contributed by atoms with Crippen molar-refractivity contribution in [3.63, 3.8) is 0 Å². The van der Waals surface area contributed by atoms with Crippen LogP contribution in [-0.4, -0.2) is 22.8 Å². The minimum atomic E-state index is -1.38. The van der Waals surface area contributed by atoms with Crippen LogP contribution in [0.15, 0.2) is 6.07 Å². The molecule has 0 saturated carbocycles. The smallest absolute Gasteiger partial charge is 0.177 e. The van der Waals surface area contributed by atoms with E-state index in [4.69, 9.17) is 17.0 Å². The molecule has 2 aromatic rings. The predicted molar refractivity (Wildman–Crippen MR) is 87.1 cm³/mol. The number of benzene rings is 1. The summed E-state index contributed by atoms with van der Waals surface area (Å²) in [6.07, 6.45) is 1.73. The number of ether oxygens (including phenoxy) is 1. The fraction of sp³-hybridized carbons (Fsp3) is 0.471. The molecule has 2 heterocycles. The summed E-state index contributed by atoms with van der Waals surface area (Å²) in [5.74, 6) is -6.12. The van der Waals surface area contributed by atoms with E-state index in [2.05, 4.69) is 4.98 Å². The lowest BCUT2D eigenvalue weighted by Gasteiger charge is -2.13. The van der Waals surface area contributed by atoms with E-state index < -0.39 is 34.8 Å². The summed E-state index contributed by atoms with van der Waals surface area (Å²) in [6, 6.07) is 0.231. The summed E-state index contributed by atoms with van der Waals surface area (Å²) in [4.78, 5) is 3.10. The molecule has 0 fully saturated rings. The van der Waals surface area contributed by atoms with Crippen LogP contribution in [0.5, 0.6) is 0 Å². The van der Waals surface area contributed by atoms with Gasteiger partial charge in [0.1, 0.15) is 0 Å². The second-order valence-electron chi connectivity index (χ2n) is 6.05. The standard InChI is InChI=1S/C17H18F4N2OS/c1-2-24-5-3-4-12-13-6-9(8-23(13)17(25)22-12)14-15(20)10(18)7-11(19)16(14)21/h7,9H,2-6,8H2,1H3,(H,22,25).